The van der Waals surface area contributed by atoms with Crippen molar-refractivity contribution in [3.8, 4) is 0 Å². The molecule has 64 valence electrons. The van der Waals surface area contributed by atoms with Crippen LogP contribution in [-0.4, -0.2) is 21.2 Å². The van der Waals surface area contributed by atoms with Gasteiger partial charge in [0.15, 0.2) is 0 Å². The number of rotatable bonds is 3. The molecule has 0 aliphatic heterocycles. The van der Waals surface area contributed by atoms with Gasteiger partial charge in [0.1, 0.15) is 0 Å². The summed E-state index contributed by atoms with van der Waals surface area (Å²) in [6.07, 6.45) is 1.77. The van der Waals surface area contributed by atoms with Crippen LogP contribution in [0, 0.1) is 0 Å². The lowest BCUT2D eigenvalue weighted by Crippen LogP contribution is -2.05. The Morgan fingerprint density at radius 3 is 2.92 bits per heavy atom. The Hall–Kier alpha value is -1.42. The largest absolute Gasteiger partial charge is 0.481 e. The molecule has 0 aliphatic rings. The van der Waals surface area contributed by atoms with Crippen molar-refractivity contribution in [1.82, 2.24) is 4.98 Å². The molecular weight excluding hydrogens is 158 g/mol. The van der Waals surface area contributed by atoms with E-state index in [2.05, 4.69) is 4.98 Å². The van der Waals surface area contributed by atoms with E-state index < -0.39 is 12.1 Å². The number of carbonyl (C=O) groups is 1. The van der Waals surface area contributed by atoms with Crippen LogP contribution in [0.25, 0.3) is 0 Å². The highest BCUT2D eigenvalue weighted by Gasteiger charge is 2.10. The fraction of sp³-hybridized carbons (Fsp3) is 0.250. The quantitative estimate of drug-likeness (QED) is 0.691. The third kappa shape index (κ3) is 2.32. The van der Waals surface area contributed by atoms with Crippen LogP contribution in [0.1, 0.15) is 18.1 Å². The first-order valence-corrected chi connectivity index (χ1v) is 3.50. The van der Waals surface area contributed by atoms with Crippen molar-refractivity contribution < 1.29 is 15.0 Å². The number of carboxylic acids is 1. The zero-order valence-electron chi connectivity index (χ0n) is 6.34. The second-order valence-electron chi connectivity index (χ2n) is 2.40. The van der Waals surface area contributed by atoms with Crippen molar-refractivity contribution in [2.45, 2.75) is 12.5 Å². The average molecular weight is 167 g/mol. The number of aliphatic hydroxyl groups is 1. The Balaban J connectivity index is 2.65. The number of hydrogen-bond acceptors (Lipinski definition) is 3. The zero-order chi connectivity index (χ0) is 8.97. The summed E-state index contributed by atoms with van der Waals surface area (Å²) < 4.78 is 0. The van der Waals surface area contributed by atoms with Gasteiger partial charge in [-0.25, -0.2) is 0 Å². The predicted octanol–water partition coefficient (Wildman–Crippen LogP) is 0.590. The number of nitrogens with zero attached hydrogens (tertiary/aromatic N) is 1. The van der Waals surface area contributed by atoms with E-state index in [1.807, 2.05) is 0 Å². The maximum absolute atomic E-state index is 10.2. The first kappa shape index (κ1) is 8.67. The van der Waals surface area contributed by atoms with E-state index in [4.69, 9.17) is 5.11 Å². The van der Waals surface area contributed by atoms with E-state index in [1.54, 1.807) is 18.3 Å². The van der Waals surface area contributed by atoms with Crippen LogP contribution in [0.3, 0.4) is 0 Å². The lowest BCUT2D eigenvalue weighted by atomic mass is 10.1. The number of carboxylic acid groups (broad SMARTS) is 1. The van der Waals surface area contributed by atoms with Gasteiger partial charge in [0.05, 0.1) is 12.5 Å². The molecular formula is C8H9NO3. The Bertz CT molecular complexity index is 260. The van der Waals surface area contributed by atoms with Crippen LogP contribution in [0.4, 0.5) is 0 Å². The molecule has 0 bridgehead atoms. The minimum atomic E-state index is -1.02. The summed E-state index contributed by atoms with van der Waals surface area (Å²) in [4.78, 5) is 14.0. The van der Waals surface area contributed by atoms with Gasteiger partial charge >= 0.3 is 5.97 Å². The van der Waals surface area contributed by atoms with Crippen molar-refractivity contribution in [2.75, 3.05) is 0 Å². The van der Waals surface area contributed by atoms with Gasteiger partial charge in [-0.15, -0.1) is 0 Å². The lowest BCUT2D eigenvalue weighted by molar-refractivity contribution is -0.139. The molecule has 2 N–H and O–H groups in total. The molecule has 0 aromatic carbocycles. The summed E-state index contributed by atoms with van der Waals surface area (Å²) in [5, 5.41) is 17.6. The van der Waals surface area contributed by atoms with Crippen molar-refractivity contribution in [3.05, 3.63) is 30.1 Å². The number of pyridine rings is 1. The first-order chi connectivity index (χ1) is 5.70. The Morgan fingerprint density at radius 2 is 2.42 bits per heavy atom. The number of hydrogen-bond donors (Lipinski definition) is 2. The smallest absolute Gasteiger partial charge is 0.306 e. The molecule has 12 heavy (non-hydrogen) atoms. The van der Waals surface area contributed by atoms with Crippen LogP contribution < -0.4 is 0 Å². The molecule has 0 saturated heterocycles. The molecule has 1 aromatic rings. The van der Waals surface area contributed by atoms with Gasteiger partial charge in [-0.2, -0.15) is 0 Å². The number of aliphatic hydroxyl groups excluding tert-OH is 1. The average Bonchev–Trinajstić information content (AvgIpc) is 2.05. The lowest BCUT2D eigenvalue weighted by Gasteiger charge is -2.05. The van der Waals surface area contributed by atoms with Gasteiger partial charge in [0, 0.05) is 12.4 Å². The molecule has 0 aliphatic carbocycles. The van der Waals surface area contributed by atoms with E-state index in [9.17, 15) is 9.90 Å². The van der Waals surface area contributed by atoms with Crippen LogP contribution in [0.2, 0.25) is 0 Å². The van der Waals surface area contributed by atoms with Crippen molar-refractivity contribution in [3.63, 3.8) is 0 Å². The predicted molar refractivity (Wildman–Crippen MR) is 41.4 cm³/mol. The van der Waals surface area contributed by atoms with Crippen LogP contribution >= 0.6 is 0 Å². The summed E-state index contributed by atoms with van der Waals surface area (Å²) >= 11 is 0. The van der Waals surface area contributed by atoms with E-state index >= 15 is 0 Å². The molecule has 0 saturated carbocycles. The van der Waals surface area contributed by atoms with Crippen molar-refractivity contribution in [1.29, 1.82) is 0 Å². The van der Waals surface area contributed by atoms with Gasteiger partial charge < -0.3 is 10.2 Å². The van der Waals surface area contributed by atoms with Crippen LogP contribution in [0.15, 0.2) is 24.5 Å². The highest BCUT2D eigenvalue weighted by Crippen LogP contribution is 2.13. The Kier molecular flexibility index (Phi) is 2.76. The molecule has 1 atom stereocenters. The molecule has 0 unspecified atom stereocenters. The maximum Gasteiger partial charge on any atom is 0.306 e. The summed E-state index contributed by atoms with van der Waals surface area (Å²) in [6.45, 7) is 0. The van der Waals surface area contributed by atoms with E-state index in [0.29, 0.717) is 5.56 Å². The molecule has 4 nitrogen and oxygen atoms in total. The molecule has 0 fully saturated rings. The summed E-state index contributed by atoms with van der Waals surface area (Å²) in [5.74, 6) is -1.02. The van der Waals surface area contributed by atoms with E-state index in [-0.39, 0.29) is 6.42 Å². The normalized spacial score (nSPS) is 12.4. The van der Waals surface area contributed by atoms with Crippen molar-refractivity contribution in [2.24, 2.45) is 0 Å². The molecule has 0 amide bonds. The van der Waals surface area contributed by atoms with Gasteiger partial charge in [-0.05, 0) is 11.6 Å². The second-order valence-corrected chi connectivity index (χ2v) is 2.40. The minimum absolute atomic E-state index is 0.286. The molecule has 4 heteroatoms. The van der Waals surface area contributed by atoms with Crippen molar-refractivity contribution >= 4 is 5.97 Å². The summed E-state index contributed by atoms with van der Waals surface area (Å²) in [7, 11) is 0. The summed E-state index contributed by atoms with van der Waals surface area (Å²) in [5.41, 5.74) is 0.528. The second kappa shape index (κ2) is 3.82. The Labute approximate surface area is 69.5 Å². The van der Waals surface area contributed by atoms with Gasteiger partial charge in [0.25, 0.3) is 0 Å². The van der Waals surface area contributed by atoms with Crippen LogP contribution in [0.5, 0.6) is 0 Å². The van der Waals surface area contributed by atoms with Gasteiger partial charge in [-0.3, -0.25) is 9.78 Å². The highest BCUT2D eigenvalue weighted by atomic mass is 16.4. The Morgan fingerprint density at radius 1 is 1.67 bits per heavy atom. The van der Waals surface area contributed by atoms with E-state index in [0.717, 1.165) is 0 Å². The van der Waals surface area contributed by atoms with Gasteiger partial charge in [-0.1, -0.05) is 6.07 Å². The fourth-order valence-electron chi connectivity index (χ4n) is 0.856. The highest BCUT2D eigenvalue weighted by molar-refractivity contribution is 5.67. The zero-order valence-corrected chi connectivity index (χ0v) is 6.34. The first-order valence-electron chi connectivity index (χ1n) is 3.50. The van der Waals surface area contributed by atoms with Crippen LogP contribution in [-0.2, 0) is 4.79 Å². The molecule has 1 heterocycles. The monoisotopic (exact) mass is 167 g/mol. The topological polar surface area (TPSA) is 70.4 Å². The molecule has 1 aromatic heterocycles. The molecule has 1 rings (SSSR count). The number of aromatic nitrogens is 1. The minimum Gasteiger partial charge on any atom is -0.481 e. The molecule has 0 radical (unpaired) electrons. The summed E-state index contributed by atoms with van der Waals surface area (Å²) in [6, 6.07) is 3.29. The standard InChI is InChI=1S/C8H9NO3/c10-7(4-8(11)12)6-2-1-3-9-5-6/h1-3,5,7,10H,4H2,(H,11,12)/t7-/m0/s1. The maximum atomic E-state index is 10.2. The third-order valence-electron chi connectivity index (χ3n) is 1.44. The third-order valence-corrected chi connectivity index (χ3v) is 1.44. The molecule has 0 spiro atoms. The number of aliphatic carboxylic acids is 1. The fourth-order valence-corrected chi connectivity index (χ4v) is 0.856. The van der Waals surface area contributed by atoms with E-state index in [1.165, 1.54) is 6.20 Å². The van der Waals surface area contributed by atoms with Gasteiger partial charge in [0.2, 0.25) is 0 Å². The SMILES string of the molecule is O=C(O)C[C@H](O)c1cccnc1.